The number of fused-ring (bicyclic) bond motifs is 1. The number of amides is 1. The molecule has 1 unspecified atom stereocenters. The Balaban J connectivity index is 1.58. The standard InChI is InChI=1S/C22H24BrN5O/c1-22(2)10-5-11-28(19(22)14-26-21-24-12-16(23)13-25-21)20(29)18-9-8-15-6-3-4-7-17(15)27-18/h3-4,6-9,12-13,19H,5,10-11,14H2,1-2H3,(H,24,25,26). The summed E-state index contributed by atoms with van der Waals surface area (Å²) in [6.45, 7) is 5.75. The number of benzene rings is 1. The minimum absolute atomic E-state index is 0.0178. The van der Waals surface area contributed by atoms with E-state index in [1.165, 1.54) is 0 Å². The van der Waals surface area contributed by atoms with Crippen LogP contribution in [-0.4, -0.2) is 44.9 Å². The fourth-order valence-corrected chi connectivity index (χ4v) is 4.21. The van der Waals surface area contributed by atoms with Crippen LogP contribution in [0.2, 0.25) is 0 Å². The number of aromatic nitrogens is 3. The first-order valence-electron chi connectivity index (χ1n) is 9.82. The van der Waals surface area contributed by atoms with Crippen molar-refractivity contribution in [3.63, 3.8) is 0 Å². The Labute approximate surface area is 178 Å². The van der Waals surface area contributed by atoms with Crippen molar-refractivity contribution >= 4 is 38.7 Å². The number of piperidine rings is 1. The number of para-hydroxylation sites is 1. The molecule has 7 heteroatoms. The predicted molar refractivity (Wildman–Crippen MR) is 118 cm³/mol. The molecule has 0 aliphatic carbocycles. The third kappa shape index (κ3) is 4.24. The first-order valence-corrected chi connectivity index (χ1v) is 10.6. The predicted octanol–water partition coefficient (Wildman–Crippen LogP) is 4.53. The van der Waals surface area contributed by atoms with Crippen LogP contribution in [0.15, 0.2) is 53.3 Å². The van der Waals surface area contributed by atoms with Crippen molar-refractivity contribution in [2.24, 2.45) is 5.41 Å². The molecule has 1 aliphatic heterocycles. The number of carbonyl (C=O) groups excluding carboxylic acids is 1. The van der Waals surface area contributed by atoms with E-state index in [1.54, 1.807) is 12.4 Å². The molecule has 0 bridgehead atoms. The van der Waals surface area contributed by atoms with E-state index in [2.05, 4.69) is 50.0 Å². The molecule has 1 saturated heterocycles. The van der Waals surface area contributed by atoms with E-state index in [4.69, 9.17) is 0 Å². The van der Waals surface area contributed by atoms with Crippen LogP contribution in [0, 0.1) is 5.41 Å². The molecule has 1 N–H and O–H groups in total. The molecule has 1 aliphatic rings. The highest BCUT2D eigenvalue weighted by atomic mass is 79.9. The van der Waals surface area contributed by atoms with Gasteiger partial charge in [-0.15, -0.1) is 0 Å². The number of pyridine rings is 1. The van der Waals surface area contributed by atoms with E-state index >= 15 is 0 Å². The highest BCUT2D eigenvalue weighted by Gasteiger charge is 2.40. The Morgan fingerprint density at radius 2 is 1.97 bits per heavy atom. The van der Waals surface area contributed by atoms with Crippen LogP contribution in [0.1, 0.15) is 37.2 Å². The van der Waals surface area contributed by atoms with Crippen molar-refractivity contribution < 1.29 is 4.79 Å². The van der Waals surface area contributed by atoms with Crippen molar-refractivity contribution in [2.45, 2.75) is 32.7 Å². The SMILES string of the molecule is CC1(C)CCCN(C(=O)c2ccc3ccccc3n2)C1CNc1ncc(Br)cn1. The Morgan fingerprint density at radius 3 is 2.76 bits per heavy atom. The Kier molecular flexibility index (Phi) is 5.50. The van der Waals surface area contributed by atoms with Gasteiger partial charge in [-0.25, -0.2) is 15.0 Å². The number of likely N-dealkylation sites (tertiary alicyclic amines) is 1. The minimum Gasteiger partial charge on any atom is -0.352 e. The van der Waals surface area contributed by atoms with Crippen LogP contribution in [0.25, 0.3) is 10.9 Å². The Morgan fingerprint density at radius 1 is 1.21 bits per heavy atom. The maximum Gasteiger partial charge on any atom is 0.272 e. The van der Waals surface area contributed by atoms with Gasteiger partial charge in [0.15, 0.2) is 0 Å². The fourth-order valence-electron chi connectivity index (χ4n) is 4.00. The fraction of sp³-hybridized carbons (Fsp3) is 0.364. The van der Waals surface area contributed by atoms with Crippen LogP contribution in [0.5, 0.6) is 0 Å². The van der Waals surface area contributed by atoms with Crippen molar-refractivity contribution in [3.05, 3.63) is 59.0 Å². The van der Waals surface area contributed by atoms with Crippen LogP contribution in [0.4, 0.5) is 5.95 Å². The molecule has 1 aromatic carbocycles. The van der Waals surface area contributed by atoms with Crippen molar-refractivity contribution in [1.82, 2.24) is 19.9 Å². The first-order chi connectivity index (χ1) is 13.9. The molecule has 3 aromatic rings. The van der Waals surface area contributed by atoms with Crippen LogP contribution < -0.4 is 5.32 Å². The quantitative estimate of drug-likeness (QED) is 0.627. The van der Waals surface area contributed by atoms with Gasteiger partial charge in [-0.3, -0.25) is 4.79 Å². The molecule has 2 aromatic heterocycles. The first kappa shape index (κ1) is 19.8. The highest BCUT2D eigenvalue weighted by Crippen LogP contribution is 2.36. The molecule has 3 heterocycles. The third-order valence-electron chi connectivity index (χ3n) is 5.65. The lowest BCUT2D eigenvalue weighted by molar-refractivity contribution is 0.0315. The smallest absolute Gasteiger partial charge is 0.272 e. The highest BCUT2D eigenvalue weighted by molar-refractivity contribution is 9.10. The molecule has 6 nitrogen and oxygen atoms in total. The number of nitrogens with one attached hydrogen (secondary N) is 1. The monoisotopic (exact) mass is 453 g/mol. The van der Waals surface area contributed by atoms with E-state index in [0.29, 0.717) is 18.2 Å². The summed E-state index contributed by atoms with van der Waals surface area (Å²) in [5.74, 6) is 0.540. The summed E-state index contributed by atoms with van der Waals surface area (Å²) in [5.41, 5.74) is 1.31. The molecular formula is C22H24BrN5O. The second-order valence-corrected chi connectivity index (χ2v) is 9.02. The summed E-state index contributed by atoms with van der Waals surface area (Å²) in [4.78, 5) is 28.6. The van der Waals surface area contributed by atoms with Gasteiger partial charge in [0.2, 0.25) is 5.95 Å². The van der Waals surface area contributed by atoms with E-state index in [1.807, 2.05) is 41.3 Å². The third-order valence-corrected chi connectivity index (χ3v) is 6.06. The van der Waals surface area contributed by atoms with Crippen molar-refractivity contribution in [1.29, 1.82) is 0 Å². The van der Waals surface area contributed by atoms with E-state index < -0.39 is 0 Å². The Hall–Kier alpha value is -2.54. The second-order valence-electron chi connectivity index (χ2n) is 8.10. The van der Waals surface area contributed by atoms with Gasteiger partial charge in [0.25, 0.3) is 5.91 Å². The van der Waals surface area contributed by atoms with Gasteiger partial charge in [0.05, 0.1) is 16.0 Å². The Bertz CT molecular complexity index is 1020. The van der Waals surface area contributed by atoms with Crippen LogP contribution in [-0.2, 0) is 0 Å². The van der Waals surface area contributed by atoms with E-state index in [0.717, 1.165) is 34.8 Å². The van der Waals surface area contributed by atoms with Gasteiger partial charge < -0.3 is 10.2 Å². The zero-order valence-electron chi connectivity index (χ0n) is 16.6. The number of hydrogen-bond donors (Lipinski definition) is 1. The lowest BCUT2D eigenvalue weighted by Crippen LogP contribution is -2.55. The zero-order chi connectivity index (χ0) is 20.4. The van der Waals surface area contributed by atoms with Gasteiger partial charge in [-0.05, 0) is 46.3 Å². The van der Waals surface area contributed by atoms with Gasteiger partial charge >= 0.3 is 0 Å². The summed E-state index contributed by atoms with van der Waals surface area (Å²) in [7, 11) is 0. The second kappa shape index (κ2) is 8.06. The molecule has 4 rings (SSSR count). The molecule has 1 amide bonds. The zero-order valence-corrected chi connectivity index (χ0v) is 18.2. The molecular weight excluding hydrogens is 430 g/mol. The lowest BCUT2D eigenvalue weighted by atomic mass is 9.76. The number of nitrogens with zero attached hydrogens (tertiary/aromatic N) is 4. The summed E-state index contributed by atoms with van der Waals surface area (Å²) < 4.78 is 0.834. The average molecular weight is 454 g/mol. The van der Waals surface area contributed by atoms with Gasteiger partial charge in [-0.2, -0.15) is 0 Å². The van der Waals surface area contributed by atoms with Crippen LogP contribution in [0.3, 0.4) is 0 Å². The summed E-state index contributed by atoms with van der Waals surface area (Å²) in [6.07, 6.45) is 5.47. The maximum absolute atomic E-state index is 13.4. The largest absolute Gasteiger partial charge is 0.352 e. The number of rotatable bonds is 4. The van der Waals surface area contributed by atoms with E-state index in [-0.39, 0.29) is 17.4 Å². The maximum atomic E-state index is 13.4. The van der Waals surface area contributed by atoms with Crippen molar-refractivity contribution in [2.75, 3.05) is 18.4 Å². The number of anilines is 1. The van der Waals surface area contributed by atoms with Gasteiger partial charge in [0.1, 0.15) is 5.69 Å². The molecule has 150 valence electrons. The topological polar surface area (TPSA) is 71.0 Å². The molecule has 29 heavy (non-hydrogen) atoms. The lowest BCUT2D eigenvalue weighted by Gasteiger charge is -2.46. The molecule has 1 atom stereocenters. The number of carbonyl (C=O) groups is 1. The summed E-state index contributed by atoms with van der Waals surface area (Å²) in [6, 6.07) is 11.7. The number of halogens is 1. The van der Waals surface area contributed by atoms with Gasteiger partial charge in [0, 0.05) is 30.9 Å². The average Bonchev–Trinajstić information content (AvgIpc) is 2.72. The normalized spacial score (nSPS) is 18.6. The minimum atomic E-state index is -0.0212. The molecule has 0 radical (unpaired) electrons. The molecule has 1 fully saturated rings. The molecule has 0 saturated carbocycles. The van der Waals surface area contributed by atoms with E-state index in [9.17, 15) is 4.79 Å². The molecule has 0 spiro atoms. The van der Waals surface area contributed by atoms with Crippen LogP contribution >= 0.6 is 15.9 Å². The van der Waals surface area contributed by atoms with Gasteiger partial charge in [-0.1, -0.05) is 38.1 Å². The van der Waals surface area contributed by atoms with Crippen molar-refractivity contribution in [3.8, 4) is 0 Å². The summed E-state index contributed by atoms with van der Waals surface area (Å²) >= 11 is 3.35. The number of hydrogen-bond acceptors (Lipinski definition) is 5. The summed E-state index contributed by atoms with van der Waals surface area (Å²) in [5, 5.41) is 4.34.